The molecule has 0 spiro atoms. The van der Waals surface area contributed by atoms with Gasteiger partial charge in [-0.3, -0.25) is 0 Å². The van der Waals surface area contributed by atoms with Gasteiger partial charge in [0.25, 0.3) is 0 Å². The van der Waals surface area contributed by atoms with Gasteiger partial charge in [-0.05, 0) is 46.7 Å². The highest BCUT2D eigenvalue weighted by Gasteiger charge is 2.67. The molecule has 0 heterocycles. The lowest BCUT2D eigenvalue weighted by atomic mass is 9.99. The van der Waals surface area contributed by atoms with Crippen LogP contribution in [0.3, 0.4) is 0 Å². The summed E-state index contributed by atoms with van der Waals surface area (Å²) in [7, 11) is 0. The molecule has 3 heteroatoms. The van der Waals surface area contributed by atoms with E-state index in [2.05, 4.69) is 15.9 Å². The van der Waals surface area contributed by atoms with Crippen molar-refractivity contribution in [3.63, 3.8) is 0 Å². The molecule has 3 rings (SSSR count). The zero-order valence-corrected chi connectivity index (χ0v) is 9.80. The van der Waals surface area contributed by atoms with E-state index in [1.54, 1.807) is 18.2 Å². The fraction of sp³-hybridized carbons (Fsp3) is 0.500. The van der Waals surface area contributed by atoms with Gasteiger partial charge in [0.15, 0.2) is 0 Å². The Balaban J connectivity index is 2.04. The van der Waals surface area contributed by atoms with E-state index in [0.29, 0.717) is 21.9 Å². The first-order valence-corrected chi connectivity index (χ1v) is 6.12. The molecule has 1 nitrogen and oxygen atoms in total. The second-order valence-corrected chi connectivity index (χ2v) is 5.42. The van der Waals surface area contributed by atoms with Crippen molar-refractivity contribution in [2.75, 3.05) is 0 Å². The molecular weight excluding hydrogens is 259 g/mol. The summed E-state index contributed by atoms with van der Waals surface area (Å²) in [6.07, 6.45) is 3.24. The summed E-state index contributed by atoms with van der Waals surface area (Å²) in [6, 6.07) is 5.16. The summed E-state index contributed by atoms with van der Waals surface area (Å²) in [4.78, 5) is 0. The fourth-order valence-electron chi connectivity index (χ4n) is 3.13. The van der Waals surface area contributed by atoms with Crippen molar-refractivity contribution in [2.24, 2.45) is 11.8 Å². The van der Waals surface area contributed by atoms with Gasteiger partial charge in [-0.1, -0.05) is 18.6 Å². The van der Waals surface area contributed by atoms with Crippen LogP contribution < -0.4 is 0 Å². The zero-order chi connectivity index (χ0) is 10.6. The van der Waals surface area contributed by atoms with Gasteiger partial charge in [0.05, 0.1) is 10.1 Å². The zero-order valence-electron chi connectivity index (χ0n) is 8.21. The van der Waals surface area contributed by atoms with Crippen LogP contribution in [0, 0.1) is 17.7 Å². The summed E-state index contributed by atoms with van der Waals surface area (Å²) in [6.45, 7) is 0. The third-order valence-corrected chi connectivity index (χ3v) is 4.53. The minimum atomic E-state index is -0.869. The van der Waals surface area contributed by atoms with Crippen LogP contribution in [0.4, 0.5) is 4.39 Å². The van der Waals surface area contributed by atoms with Gasteiger partial charge in [-0.25, -0.2) is 4.39 Å². The van der Waals surface area contributed by atoms with E-state index in [9.17, 15) is 9.50 Å². The molecule has 2 aliphatic carbocycles. The van der Waals surface area contributed by atoms with Crippen LogP contribution in [0.25, 0.3) is 0 Å². The first-order chi connectivity index (χ1) is 7.15. The molecule has 1 aromatic rings. The largest absolute Gasteiger partial charge is 0.384 e. The van der Waals surface area contributed by atoms with Crippen LogP contribution >= 0.6 is 15.9 Å². The van der Waals surface area contributed by atoms with E-state index in [4.69, 9.17) is 0 Å². The fourth-order valence-corrected chi connectivity index (χ4v) is 3.50. The molecular formula is C12H12BrFO. The average Bonchev–Trinajstić information content (AvgIpc) is 2.67. The SMILES string of the molecule is OC1(c2cccc(Br)c2F)C2CCCC21. The molecule has 2 atom stereocenters. The molecule has 15 heavy (non-hydrogen) atoms. The van der Waals surface area contributed by atoms with Gasteiger partial charge in [-0.15, -0.1) is 0 Å². The van der Waals surface area contributed by atoms with Crippen LogP contribution in [0.2, 0.25) is 0 Å². The van der Waals surface area contributed by atoms with Gasteiger partial charge in [-0.2, -0.15) is 0 Å². The summed E-state index contributed by atoms with van der Waals surface area (Å²) < 4.78 is 14.3. The molecule has 1 N–H and O–H groups in total. The Morgan fingerprint density at radius 1 is 1.33 bits per heavy atom. The molecule has 0 saturated heterocycles. The number of hydrogen-bond donors (Lipinski definition) is 1. The lowest BCUT2D eigenvalue weighted by molar-refractivity contribution is 0.101. The predicted octanol–water partition coefficient (Wildman–Crippen LogP) is 3.21. The smallest absolute Gasteiger partial charge is 0.143 e. The summed E-state index contributed by atoms with van der Waals surface area (Å²) in [5.41, 5.74) is -0.391. The second kappa shape index (κ2) is 3.05. The van der Waals surface area contributed by atoms with Crippen molar-refractivity contribution < 1.29 is 9.50 Å². The van der Waals surface area contributed by atoms with Crippen molar-refractivity contribution in [3.05, 3.63) is 34.1 Å². The maximum absolute atomic E-state index is 13.8. The highest BCUT2D eigenvalue weighted by molar-refractivity contribution is 9.10. The van der Waals surface area contributed by atoms with Gasteiger partial charge >= 0.3 is 0 Å². The Bertz CT molecular complexity index is 408. The number of halogens is 2. The molecule has 2 unspecified atom stereocenters. The first kappa shape index (κ1) is 9.79. The Kier molecular flexibility index (Phi) is 1.99. The van der Waals surface area contributed by atoms with Gasteiger partial charge < -0.3 is 5.11 Å². The van der Waals surface area contributed by atoms with E-state index < -0.39 is 5.60 Å². The number of benzene rings is 1. The Morgan fingerprint density at radius 2 is 2.00 bits per heavy atom. The minimum Gasteiger partial charge on any atom is -0.384 e. The van der Waals surface area contributed by atoms with E-state index in [1.807, 2.05) is 0 Å². The Hall–Kier alpha value is -0.410. The Labute approximate surface area is 96.4 Å². The van der Waals surface area contributed by atoms with Crippen LogP contribution in [-0.4, -0.2) is 5.11 Å². The third-order valence-electron chi connectivity index (χ3n) is 3.92. The average molecular weight is 271 g/mol. The van der Waals surface area contributed by atoms with Crippen LogP contribution in [0.1, 0.15) is 24.8 Å². The quantitative estimate of drug-likeness (QED) is 0.831. The first-order valence-electron chi connectivity index (χ1n) is 5.32. The number of rotatable bonds is 1. The van der Waals surface area contributed by atoms with E-state index in [-0.39, 0.29) is 5.82 Å². The minimum absolute atomic E-state index is 0.293. The van der Waals surface area contributed by atoms with Gasteiger partial charge in [0.2, 0.25) is 0 Å². The monoisotopic (exact) mass is 270 g/mol. The highest BCUT2D eigenvalue weighted by atomic mass is 79.9. The lowest BCUT2D eigenvalue weighted by Gasteiger charge is -2.16. The summed E-state index contributed by atoms with van der Waals surface area (Å²) in [5.74, 6) is 0.289. The highest BCUT2D eigenvalue weighted by Crippen LogP contribution is 2.66. The molecule has 0 radical (unpaired) electrons. The molecule has 0 aliphatic heterocycles. The molecule has 80 valence electrons. The molecule has 1 aromatic carbocycles. The van der Waals surface area contributed by atoms with Crippen LogP contribution in [0.15, 0.2) is 22.7 Å². The molecule has 2 fully saturated rings. The second-order valence-electron chi connectivity index (χ2n) is 4.57. The number of hydrogen-bond acceptors (Lipinski definition) is 1. The normalized spacial score (nSPS) is 37.8. The third kappa shape index (κ3) is 1.16. The summed E-state index contributed by atoms with van der Waals surface area (Å²) in [5, 5.41) is 10.4. The van der Waals surface area contributed by atoms with Crippen LogP contribution in [-0.2, 0) is 5.60 Å². The van der Waals surface area contributed by atoms with Crippen molar-refractivity contribution in [1.82, 2.24) is 0 Å². The molecule has 0 bridgehead atoms. The molecule has 0 amide bonds. The van der Waals surface area contributed by atoms with E-state index in [1.165, 1.54) is 6.42 Å². The maximum atomic E-state index is 13.8. The summed E-state index contributed by atoms with van der Waals surface area (Å²) >= 11 is 3.16. The van der Waals surface area contributed by atoms with Crippen molar-refractivity contribution in [2.45, 2.75) is 24.9 Å². The topological polar surface area (TPSA) is 20.2 Å². The van der Waals surface area contributed by atoms with E-state index >= 15 is 0 Å². The number of aliphatic hydroxyl groups is 1. The number of fused-ring (bicyclic) bond motifs is 1. The predicted molar refractivity (Wildman–Crippen MR) is 58.8 cm³/mol. The van der Waals surface area contributed by atoms with Crippen molar-refractivity contribution >= 4 is 15.9 Å². The molecule has 0 aromatic heterocycles. The Morgan fingerprint density at radius 3 is 2.67 bits per heavy atom. The molecule has 2 aliphatic rings. The maximum Gasteiger partial charge on any atom is 0.143 e. The standard InChI is InChI=1S/C12H12BrFO/c13-10-6-2-5-9(11(10)14)12(15)7-3-1-4-8(7)12/h2,5-8,15H,1,3-4H2. The van der Waals surface area contributed by atoms with Gasteiger partial charge in [0.1, 0.15) is 5.82 Å². The van der Waals surface area contributed by atoms with Crippen LogP contribution in [0.5, 0.6) is 0 Å². The van der Waals surface area contributed by atoms with Gasteiger partial charge in [0, 0.05) is 5.56 Å². The lowest BCUT2D eigenvalue weighted by Crippen LogP contribution is -2.15. The molecule has 2 saturated carbocycles. The van der Waals surface area contributed by atoms with Crippen molar-refractivity contribution in [3.8, 4) is 0 Å². The van der Waals surface area contributed by atoms with Crippen molar-refractivity contribution in [1.29, 1.82) is 0 Å². The van der Waals surface area contributed by atoms with E-state index in [0.717, 1.165) is 12.8 Å².